The molecule has 1 amide bonds. The van der Waals surface area contributed by atoms with E-state index in [1.807, 2.05) is 42.5 Å². The van der Waals surface area contributed by atoms with E-state index in [4.69, 9.17) is 0 Å². The number of aromatic nitrogens is 1. The lowest BCUT2D eigenvalue weighted by atomic mass is 10.2. The highest BCUT2D eigenvalue weighted by Crippen LogP contribution is 2.21. The molecule has 0 spiro atoms. The van der Waals surface area contributed by atoms with Gasteiger partial charge in [-0.3, -0.25) is 4.79 Å². The Morgan fingerprint density at radius 3 is 2.34 bits per heavy atom. The third-order valence-electron chi connectivity index (χ3n) is 5.46. The Balaban J connectivity index is 1.43. The van der Waals surface area contributed by atoms with Crippen molar-refractivity contribution < 1.29 is 4.79 Å². The van der Waals surface area contributed by atoms with Gasteiger partial charge in [0.1, 0.15) is 0 Å². The van der Waals surface area contributed by atoms with E-state index in [0.717, 1.165) is 35.7 Å². The van der Waals surface area contributed by atoms with Crippen LogP contribution < -0.4 is 10.3 Å². The number of carbonyl (C=O) groups is 1. The minimum atomic E-state index is -0.203. The standard InChI is InChI=1S/C24H26N4O/c1-18-16-21(19(2)28(18)23-8-4-3-5-9-23)17-25-26-24(29)20-10-12-22(13-11-20)27-14-6-7-15-27/h3-5,8-13,16-17H,6-7,14-15H2,1-2H3,(H,26,29)/b25-17+. The molecule has 1 N–H and O–H groups in total. The molecule has 148 valence electrons. The fourth-order valence-corrected chi connectivity index (χ4v) is 3.92. The third kappa shape index (κ3) is 4.09. The topological polar surface area (TPSA) is 49.6 Å². The van der Waals surface area contributed by atoms with Crippen molar-refractivity contribution >= 4 is 17.8 Å². The Labute approximate surface area is 171 Å². The summed E-state index contributed by atoms with van der Waals surface area (Å²) in [5.41, 5.74) is 8.73. The maximum absolute atomic E-state index is 12.4. The molecule has 29 heavy (non-hydrogen) atoms. The van der Waals surface area contributed by atoms with E-state index in [2.05, 4.69) is 52.0 Å². The molecule has 0 saturated carbocycles. The molecular weight excluding hydrogens is 360 g/mol. The second-order valence-electron chi connectivity index (χ2n) is 7.44. The van der Waals surface area contributed by atoms with Crippen molar-refractivity contribution in [3.8, 4) is 5.69 Å². The molecule has 0 atom stereocenters. The first-order valence-corrected chi connectivity index (χ1v) is 10.1. The second kappa shape index (κ2) is 8.35. The summed E-state index contributed by atoms with van der Waals surface area (Å²) in [6.45, 7) is 6.31. The quantitative estimate of drug-likeness (QED) is 0.520. The molecule has 1 saturated heterocycles. The van der Waals surface area contributed by atoms with Crippen LogP contribution in [0.4, 0.5) is 5.69 Å². The van der Waals surface area contributed by atoms with Crippen molar-refractivity contribution in [3.63, 3.8) is 0 Å². The maximum atomic E-state index is 12.4. The van der Waals surface area contributed by atoms with Gasteiger partial charge in [0, 0.05) is 47.0 Å². The molecule has 1 fully saturated rings. The predicted octanol–water partition coefficient (Wildman–Crippen LogP) is 4.46. The van der Waals surface area contributed by atoms with Gasteiger partial charge in [0.05, 0.1) is 6.21 Å². The van der Waals surface area contributed by atoms with Crippen LogP contribution in [-0.2, 0) is 0 Å². The molecule has 0 bridgehead atoms. The molecule has 4 rings (SSSR count). The molecule has 2 aromatic carbocycles. The highest BCUT2D eigenvalue weighted by Gasteiger charge is 2.13. The zero-order valence-corrected chi connectivity index (χ0v) is 16.9. The molecule has 5 heteroatoms. The molecule has 2 heterocycles. The molecule has 0 unspecified atom stereocenters. The van der Waals surface area contributed by atoms with Gasteiger partial charge in [-0.15, -0.1) is 0 Å². The number of nitrogens with one attached hydrogen (secondary N) is 1. The van der Waals surface area contributed by atoms with Gasteiger partial charge in [0.25, 0.3) is 5.91 Å². The van der Waals surface area contributed by atoms with Gasteiger partial charge in [-0.25, -0.2) is 5.43 Å². The van der Waals surface area contributed by atoms with Gasteiger partial charge in [-0.05, 0) is 69.2 Å². The monoisotopic (exact) mass is 386 g/mol. The Kier molecular flexibility index (Phi) is 5.47. The van der Waals surface area contributed by atoms with Gasteiger partial charge in [-0.2, -0.15) is 5.10 Å². The van der Waals surface area contributed by atoms with Crippen LogP contribution in [0.5, 0.6) is 0 Å². The van der Waals surface area contributed by atoms with Crippen molar-refractivity contribution in [2.75, 3.05) is 18.0 Å². The normalized spacial score (nSPS) is 13.9. The van der Waals surface area contributed by atoms with Gasteiger partial charge in [0.2, 0.25) is 0 Å². The Hall–Kier alpha value is -3.34. The van der Waals surface area contributed by atoms with E-state index < -0.39 is 0 Å². The zero-order valence-electron chi connectivity index (χ0n) is 16.9. The maximum Gasteiger partial charge on any atom is 0.271 e. The number of hydrogen-bond donors (Lipinski definition) is 1. The van der Waals surface area contributed by atoms with Crippen LogP contribution in [0.2, 0.25) is 0 Å². The summed E-state index contributed by atoms with van der Waals surface area (Å²) in [6.07, 6.45) is 4.18. The number of hydrazone groups is 1. The minimum Gasteiger partial charge on any atom is -0.372 e. The van der Waals surface area contributed by atoms with Crippen LogP contribution in [0.1, 0.15) is 40.2 Å². The van der Waals surface area contributed by atoms with Crippen LogP contribution in [-0.4, -0.2) is 29.8 Å². The summed E-state index contributed by atoms with van der Waals surface area (Å²) in [7, 11) is 0. The van der Waals surface area contributed by atoms with Crippen LogP contribution in [0, 0.1) is 13.8 Å². The van der Waals surface area contributed by atoms with E-state index in [9.17, 15) is 4.79 Å². The molecule has 0 aliphatic carbocycles. The van der Waals surface area contributed by atoms with Crippen molar-refractivity contribution in [1.82, 2.24) is 9.99 Å². The number of anilines is 1. The lowest BCUT2D eigenvalue weighted by Gasteiger charge is -2.17. The number of amides is 1. The van der Waals surface area contributed by atoms with E-state index in [0.29, 0.717) is 5.56 Å². The molecular formula is C24H26N4O. The molecule has 5 nitrogen and oxygen atoms in total. The predicted molar refractivity (Wildman–Crippen MR) is 118 cm³/mol. The van der Waals surface area contributed by atoms with Gasteiger partial charge in [-0.1, -0.05) is 18.2 Å². The summed E-state index contributed by atoms with van der Waals surface area (Å²) in [5.74, 6) is -0.203. The first-order valence-electron chi connectivity index (χ1n) is 10.1. The lowest BCUT2D eigenvalue weighted by molar-refractivity contribution is 0.0955. The van der Waals surface area contributed by atoms with Gasteiger partial charge >= 0.3 is 0 Å². The zero-order chi connectivity index (χ0) is 20.2. The van der Waals surface area contributed by atoms with E-state index in [1.165, 1.54) is 18.5 Å². The smallest absolute Gasteiger partial charge is 0.271 e. The first-order chi connectivity index (χ1) is 14.1. The number of rotatable bonds is 5. The Morgan fingerprint density at radius 2 is 1.66 bits per heavy atom. The number of nitrogens with zero attached hydrogens (tertiary/aromatic N) is 3. The second-order valence-corrected chi connectivity index (χ2v) is 7.44. The van der Waals surface area contributed by atoms with Crippen molar-refractivity contribution in [2.45, 2.75) is 26.7 Å². The average Bonchev–Trinajstić information content (AvgIpc) is 3.37. The van der Waals surface area contributed by atoms with Crippen LogP contribution in [0.3, 0.4) is 0 Å². The molecule has 1 aromatic heterocycles. The van der Waals surface area contributed by atoms with Crippen LogP contribution >= 0.6 is 0 Å². The first kappa shape index (κ1) is 19.0. The highest BCUT2D eigenvalue weighted by molar-refractivity contribution is 5.95. The molecule has 3 aromatic rings. The highest BCUT2D eigenvalue weighted by atomic mass is 16.2. The van der Waals surface area contributed by atoms with Gasteiger partial charge in [0.15, 0.2) is 0 Å². The number of carbonyl (C=O) groups excluding carboxylic acids is 1. The fourth-order valence-electron chi connectivity index (χ4n) is 3.92. The number of para-hydroxylation sites is 1. The molecule has 1 aliphatic rings. The van der Waals surface area contributed by atoms with E-state index >= 15 is 0 Å². The lowest BCUT2D eigenvalue weighted by Crippen LogP contribution is -2.19. The fraction of sp³-hybridized carbons (Fsp3) is 0.250. The van der Waals surface area contributed by atoms with E-state index in [-0.39, 0.29) is 5.91 Å². The van der Waals surface area contributed by atoms with Crippen molar-refractivity contribution in [3.05, 3.63) is 83.2 Å². The number of hydrogen-bond acceptors (Lipinski definition) is 3. The number of aryl methyl sites for hydroxylation is 1. The molecule has 0 radical (unpaired) electrons. The largest absolute Gasteiger partial charge is 0.372 e. The summed E-state index contributed by atoms with van der Waals surface area (Å²) >= 11 is 0. The third-order valence-corrected chi connectivity index (χ3v) is 5.46. The van der Waals surface area contributed by atoms with Crippen LogP contribution in [0.15, 0.2) is 65.8 Å². The SMILES string of the molecule is Cc1cc(/C=N/NC(=O)c2ccc(N3CCCC3)cc2)c(C)n1-c1ccccc1. The number of benzene rings is 2. The summed E-state index contributed by atoms with van der Waals surface area (Å²) < 4.78 is 2.18. The van der Waals surface area contributed by atoms with Gasteiger partial charge < -0.3 is 9.47 Å². The summed E-state index contributed by atoms with van der Waals surface area (Å²) in [6, 6.07) is 20.0. The average molecular weight is 386 g/mol. The van der Waals surface area contributed by atoms with Crippen molar-refractivity contribution in [1.29, 1.82) is 0 Å². The Morgan fingerprint density at radius 1 is 0.966 bits per heavy atom. The summed E-state index contributed by atoms with van der Waals surface area (Å²) in [4.78, 5) is 14.8. The molecule has 1 aliphatic heterocycles. The summed E-state index contributed by atoms with van der Waals surface area (Å²) in [5, 5.41) is 4.18. The van der Waals surface area contributed by atoms with Crippen molar-refractivity contribution in [2.24, 2.45) is 5.10 Å². The van der Waals surface area contributed by atoms with Crippen LogP contribution in [0.25, 0.3) is 5.69 Å². The van der Waals surface area contributed by atoms with E-state index in [1.54, 1.807) is 6.21 Å². The minimum absolute atomic E-state index is 0.203. The Bertz CT molecular complexity index is 1010.